The monoisotopic (exact) mass is 214 g/mol. The van der Waals surface area contributed by atoms with Gasteiger partial charge in [-0.3, -0.25) is 4.79 Å². The van der Waals surface area contributed by atoms with E-state index in [2.05, 4.69) is 0 Å². The minimum Gasteiger partial charge on any atom is -0.370 e. The first kappa shape index (κ1) is 9.17. The second-order valence-electron chi connectivity index (χ2n) is 5.20. The normalized spacial score (nSPS) is 51.8. The molecule has 78 valence electrons. The van der Waals surface area contributed by atoms with Gasteiger partial charge < -0.3 is 4.74 Å². The largest absolute Gasteiger partial charge is 0.370 e. The van der Waals surface area contributed by atoms with Crippen molar-refractivity contribution >= 4 is 17.4 Å². The Bertz CT molecular complexity index is 278. The lowest BCUT2D eigenvalue weighted by atomic mass is 9.65. The number of halogens is 1. The number of carbonyl (C=O) groups excluding carboxylic acids is 1. The van der Waals surface area contributed by atoms with Gasteiger partial charge >= 0.3 is 0 Å². The molecule has 2 aliphatic heterocycles. The van der Waals surface area contributed by atoms with Gasteiger partial charge in [0.15, 0.2) is 5.78 Å². The lowest BCUT2D eigenvalue weighted by molar-refractivity contribution is -0.140. The number of hydrogen-bond acceptors (Lipinski definition) is 2. The van der Waals surface area contributed by atoms with Gasteiger partial charge in [-0.1, -0.05) is 0 Å². The van der Waals surface area contributed by atoms with E-state index < -0.39 is 0 Å². The van der Waals surface area contributed by atoms with E-state index in [1.807, 2.05) is 0 Å². The van der Waals surface area contributed by atoms with E-state index in [4.69, 9.17) is 16.3 Å². The molecule has 3 heteroatoms. The topological polar surface area (TPSA) is 26.3 Å². The van der Waals surface area contributed by atoms with Crippen LogP contribution in [0.15, 0.2) is 0 Å². The van der Waals surface area contributed by atoms with Crippen molar-refractivity contribution in [2.24, 2.45) is 11.8 Å². The highest BCUT2D eigenvalue weighted by molar-refractivity contribution is 6.24. The maximum atomic E-state index is 11.7. The molecule has 2 saturated carbocycles. The third-order valence-electron chi connectivity index (χ3n) is 3.99. The van der Waals surface area contributed by atoms with E-state index in [9.17, 15) is 4.79 Å². The Morgan fingerprint density at radius 1 is 1.29 bits per heavy atom. The summed E-state index contributed by atoms with van der Waals surface area (Å²) in [6.07, 6.45) is 5.37. The number of ether oxygens (including phenoxy) is 1. The molecule has 14 heavy (non-hydrogen) atoms. The molecule has 2 saturated heterocycles. The van der Waals surface area contributed by atoms with Crippen molar-refractivity contribution < 1.29 is 9.53 Å². The van der Waals surface area contributed by atoms with E-state index in [-0.39, 0.29) is 22.7 Å². The van der Waals surface area contributed by atoms with Crippen LogP contribution in [0.25, 0.3) is 0 Å². The van der Waals surface area contributed by atoms with Gasteiger partial charge in [0.2, 0.25) is 0 Å². The van der Waals surface area contributed by atoms with Crippen LogP contribution in [-0.2, 0) is 9.53 Å². The Morgan fingerprint density at radius 2 is 2.14 bits per heavy atom. The number of hydrogen-bond donors (Lipinski definition) is 0. The summed E-state index contributed by atoms with van der Waals surface area (Å²) in [4.78, 5) is 11.6. The Balaban J connectivity index is 1.94. The standard InChI is InChI=1S/C11H15ClO2/c12-11-3-7-1-8(4-11)10(13)6-14-9(2-7)5-11/h7-9H,1-6H2. The third kappa shape index (κ3) is 1.40. The quantitative estimate of drug-likeness (QED) is 0.578. The van der Waals surface area contributed by atoms with Gasteiger partial charge in [-0.25, -0.2) is 0 Å². The molecule has 0 spiro atoms. The number of alkyl halides is 1. The van der Waals surface area contributed by atoms with E-state index in [1.54, 1.807) is 0 Å². The highest BCUT2D eigenvalue weighted by atomic mass is 35.5. The number of carbonyl (C=O) groups is 1. The van der Waals surface area contributed by atoms with Crippen LogP contribution in [0.2, 0.25) is 0 Å². The molecule has 2 heterocycles. The fourth-order valence-electron chi connectivity index (χ4n) is 3.51. The Kier molecular flexibility index (Phi) is 1.94. The molecule has 4 atom stereocenters. The van der Waals surface area contributed by atoms with Crippen LogP contribution in [0.1, 0.15) is 32.1 Å². The van der Waals surface area contributed by atoms with E-state index >= 15 is 0 Å². The van der Waals surface area contributed by atoms with Crippen molar-refractivity contribution in [3.05, 3.63) is 0 Å². The van der Waals surface area contributed by atoms with E-state index in [1.165, 1.54) is 0 Å². The van der Waals surface area contributed by atoms with Gasteiger partial charge in [0, 0.05) is 10.8 Å². The molecule has 0 aromatic heterocycles. The van der Waals surface area contributed by atoms with Gasteiger partial charge in [-0.2, -0.15) is 0 Å². The fourth-order valence-corrected chi connectivity index (χ4v) is 4.09. The van der Waals surface area contributed by atoms with Crippen LogP contribution in [0, 0.1) is 11.8 Å². The fraction of sp³-hybridized carbons (Fsp3) is 0.909. The van der Waals surface area contributed by atoms with Crippen molar-refractivity contribution in [3.63, 3.8) is 0 Å². The second-order valence-corrected chi connectivity index (χ2v) is 6.00. The van der Waals surface area contributed by atoms with Crippen molar-refractivity contribution in [2.75, 3.05) is 6.61 Å². The summed E-state index contributed by atoms with van der Waals surface area (Å²) in [5.41, 5.74) is 0. The highest BCUT2D eigenvalue weighted by Crippen LogP contribution is 2.51. The molecule has 4 rings (SSSR count). The highest BCUT2D eigenvalue weighted by Gasteiger charge is 2.48. The number of Topliss-reactive ketones (excluding diaryl/α,β-unsaturated/α-hetero) is 1. The Morgan fingerprint density at radius 3 is 2.93 bits per heavy atom. The predicted molar refractivity (Wildman–Crippen MR) is 53.4 cm³/mol. The molecular weight excluding hydrogens is 200 g/mol. The predicted octanol–water partition coefficient (Wildman–Crippen LogP) is 2.14. The Hall–Kier alpha value is -0.0800. The van der Waals surface area contributed by atoms with Crippen LogP contribution in [0.5, 0.6) is 0 Å². The lowest BCUT2D eigenvalue weighted by Gasteiger charge is -2.48. The molecule has 4 unspecified atom stereocenters. The molecule has 0 N–H and O–H groups in total. The number of fused-ring (bicyclic) bond motifs is 2. The third-order valence-corrected chi connectivity index (χ3v) is 4.45. The number of rotatable bonds is 0. The maximum absolute atomic E-state index is 11.7. The van der Waals surface area contributed by atoms with Crippen LogP contribution >= 0.6 is 11.6 Å². The summed E-state index contributed by atoms with van der Waals surface area (Å²) in [6, 6.07) is 0. The first-order valence-corrected chi connectivity index (χ1v) is 5.86. The van der Waals surface area contributed by atoms with Gasteiger partial charge in [0.1, 0.15) is 6.61 Å². The summed E-state index contributed by atoms with van der Waals surface area (Å²) in [7, 11) is 0. The first-order chi connectivity index (χ1) is 6.65. The lowest BCUT2D eigenvalue weighted by Crippen LogP contribution is -2.49. The summed E-state index contributed by atoms with van der Waals surface area (Å²) in [5, 5.41) is 0. The summed E-state index contributed by atoms with van der Waals surface area (Å²) in [5.74, 6) is 1.10. The average Bonchev–Trinajstić information content (AvgIpc) is 2.10. The maximum Gasteiger partial charge on any atom is 0.161 e. The average molecular weight is 215 g/mol. The Labute approximate surface area is 88.9 Å². The molecule has 0 aromatic rings. The van der Waals surface area contributed by atoms with Crippen LogP contribution in [0.4, 0.5) is 0 Å². The van der Waals surface area contributed by atoms with E-state index in [0.29, 0.717) is 12.5 Å². The van der Waals surface area contributed by atoms with Gasteiger partial charge in [-0.15, -0.1) is 11.6 Å². The molecule has 0 radical (unpaired) electrons. The summed E-state index contributed by atoms with van der Waals surface area (Å²) in [6.45, 7) is 0.328. The zero-order chi connectivity index (χ0) is 9.76. The van der Waals surface area contributed by atoms with Crippen molar-refractivity contribution in [2.45, 2.75) is 43.1 Å². The zero-order valence-electron chi connectivity index (χ0n) is 8.17. The molecule has 2 nitrogen and oxygen atoms in total. The molecule has 4 fully saturated rings. The van der Waals surface area contributed by atoms with Crippen LogP contribution in [0.3, 0.4) is 0 Å². The minimum atomic E-state index is -0.118. The van der Waals surface area contributed by atoms with Crippen molar-refractivity contribution in [1.29, 1.82) is 0 Å². The molecule has 0 amide bonds. The van der Waals surface area contributed by atoms with Gasteiger partial charge in [0.25, 0.3) is 0 Å². The molecule has 4 aliphatic rings. The summed E-state index contributed by atoms with van der Waals surface area (Å²) < 4.78 is 5.60. The van der Waals surface area contributed by atoms with Crippen LogP contribution in [-0.4, -0.2) is 23.4 Å². The van der Waals surface area contributed by atoms with Crippen molar-refractivity contribution in [1.82, 2.24) is 0 Å². The molecule has 0 aromatic carbocycles. The SMILES string of the molecule is O=C1COC2CC3CC1CC(Cl)(C3)C2. The van der Waals surface area contributed by atoms with Crippen molar-refractivity contribution in [3.8, 4) is 0 Å². The second kappa shape index (κ2) is 2.96. The first-order valence-electron chi connectivity index (χ1n) is 5.48. The molecule has 2 aliphatic carbocycles. The van der Waals surface area contributed by atoms with Gasteiger partial charge in [-0.05, 0) is 38.0 Å². The minimum absolute atomic E-state index is 0.118. The van der Waals surface area contributed by atoms with E-state index in [0.717, 1.165) is 32.1 Å². The molecular formula is C11H15ClO2. The molecule has 4 bridgehead atoms. The van der Waals surface area contributed by atoms with Gasteiger partial charge in [0.05, 0.1) is 6.10 Å². The zero-order valence-corrected chi connectivity index (χ0v) is 8.93. The van der Waals surface area contributed by atoms with Crippen LogP contribution < -0.4 is 0 Å². The smallest absolute Gasteiger partial charge is 0.161 e. The summed E-state index contributed by atoms with van der Waals surface area (Å²) >= 11 is 6.54. The number of ketones is 1.